The van der Waals surface area contributed by atoms with Crippen LogP contribution >= 0.6 is 0 Å². The number of nitrogens with one attached hydrogen (secondary N) is 1. The second-order valence-electron chi connectivity index (χ2n) is 5.62. The van der Waals surface area contributed by atoms with Gasteiger partial charge in [0.25, 0.3) is 0 Å². The molecule has 3 aromatic rings. The number of oxazole rings is 1. The van der Waals surface area contributed by atoms with Crippen molar-refractivity contribution in [2.24, 2.45) is 0 Å². The molecule has 1 N–H and O–H groups in total. The zero-order valence-electron chi connectivity index (χ0n) is 13.2. The lowest BCUT2D eigenvalue weighted by atomic mass is 10.1. The predicted molar refractivity (Wildman–Crippen MR) is 90.2 cm³/mol. The maximum atomic E-state index is 11.9. The lowest BCUT2D eigenvalue weighted by molar-refractivity contribution is -0.121. The molecule has 0 unspecified atom stereocenters. The summed E-state index contributed by atoms with van der Waals surface area (Å²) < 4.78 is 5.45. The Balaban J connectivity index is 1.46. The lowest BCUT2D eigenvalue weighted by Crippen LogP contribution is -2.25. The highest BCUT2D eigenvalue weighted by molar-refractivity contribution is 5.77. The number of amides is 1. The van der Waals surface area contributed by atoms with E-state index in [2.05, 4.69) is 22.4 Å². The van der Waals surface area contributed by atoms with E-state index in [0.29, 0.717) is 25.3 Å². The summed E-state index contributed by atoms with van der Waals surface area (Å²) in [6.45, 7) is 2.50. The van der Waals surface area contributed by atoms with Crippen LogP contribution in [-0.4, -0.2) is 17.4 Å². The third kappa shape index (κ3) is 4.19. The van der Waals surface area contributed by atoms with Crippen LogP contribution in [0, 0.1) is 6.92 Å². The molecule has 4 nitrogen and oxygen atoms in total. The molecule has 0 aliphatic carbocycles. The minimum Gasteiger partial charge on any atom is -0.441 e. The van der Waals surface area contributed by atoms with Crippen molar-refractivity contribution in [3.63, 3.8) is 0 Å². The van der Waals surface area contributed by atoms with Gasteiger partial charge in [-0.15, -0.1) is 0 Å². The SMILES string of the molecule is Cc1nc2cc(CCC(=O)NCCc3ccccc3)ccc2o1. The number of aryl methyl sites for hydroxylation is 2. The molecular formula is C19H20N2O2. The van der Waals surface area contributed by atoms with E-state index < -0.39 is 0 Å². The van der Waals surface area contributed by atoms with Crippen LogP contribution in [0.25, 0.3) is 11.1 Å². The van der Waals surface area contributed by atoms with Gasteiger partial charge in [0.15, 0.2) is 11.5 Å². The Morgan fingerprint density at radius 3 is 2.74 bits per heavy atom. The van der Waals surface area contributed by atoms with E-state index in [1.54, 1.807) is 0 Å². The molecule has 23 heavy (non-hydrogen) atoms. The van der Waals surface area contributed by atoms with Crippen LogP contribution in [0.1, 0.15) is 23.4 Å². The van der Waals surface area contributed by atoms with Gasteiger partial charge in [0.05, 0.1) is 0 Å². The van der Waals surface area contributed by atoms with Gasteiger partial charge >= 0.3 is 0 Å². The molecule has 118 valence electrons. The Morgan fingerprint density at radius 1 is 1.09 bits per heavy atom. The van der Waals surface area contributed by atoms with E-state index >= 15 is 0 Å². The van der Waals surface area contributed by atoms with Gasteiger partial charge in [0.2, 0.25) is 5.91 Å². The summed E-state index contributed by atoms with van der Waals surface area (Å²) in [5, 5.41) is 2.97. The van der Waals surface area contributed by atoms with E-state index in [0.717, 1.165) is 23.1 Å². The molecule has 1 heterocycles. The second kappa shape index (κ2) is 7.09. The monoisotopic (exact) mass is 308 g/mol. The first kappa shape index (κ1) is 15.3. The fourth-order valence-corrected chi connectivity index (χ4v) is 2.58. The molecule has 0 aliphatic rings. The number of nitrogens with zero attached hydrogens (tertiary/aromatic N) is 1. The average molecular weight is 308 g/mol. The fraction of sp³-hybridized carbons (Fsp3) is 0.263. The molecule has 3 rings (SSSR count). The summed E-state index contributed by atoms with van der Waals surface area (Å²) in [6.07, 6.45) is 2.05. The Hall–Kier alpha value is -2.62. The first-order valence-corrected chi connectivity index (χ1v) is 7.87. The highest BCUT2D eigenvalue weighted by Gasteiger charge is 2.06. The zero-order valence-corrected chi connectivity index (χ0v) is 13.2. The van der Waals surface area contributed by atoms with E-state index in [9.17, 15) is 4.79 Å². The van der Waals surface area contributed by atoms with Crippen molar-refractivity contribution in [1.82, 2.24) is 10.3 Å². The van der Waals surface area contributed by atoms with Crippen molar-refractivity contribution in [3.8, 4) is 0 Å². The van der Waals surface area contributed by atoms with Crippen LogP contribution in [0.15, 0.2) is 52.9 Å². The minimum atomic E-state index is 0.0809. The third-order valence-electron chi connectivity index (χ3n) is 3.78. The largest absolute Gasteiger partial charge is 0.441 e. The van der Waals surface area contributed by atoms with E-state index in [-0.39, 0.29) is 5.91 Å². The zero-order chi connectivity index (χ0) is 16.1. The summed E-state index contributed by atoms with van der Waals surface area (Å²) in [5.74, 6) is 0.744. The normalized spacial score (nSPS) is 10.8. The van der Waals surface area contributed by atoms with Crippen LogP contribution in [-0.2, 0) is 17.6 Å². The standard InChI is InChI=1S/C19H20N2O2/c1-14-21-17-13-16(7-9-18(17)23-14)8-10-19(22)20-12-11-15-5-3-2-4-6-15/h2-7,9,13H,8,10-12H2,1H3,(H,20,22). The summed E-state index contributed by atoms with van der Waals surface area (Å²) in [4.78, 5) is 16.2. The molecule has 0 bridgehead atoms. The average Bonchev–Trinajstić information content (AvgIpc) is 2.93. The van der Waals surface area contributed by atoms with Gasteiger partial charge in [-0.1, -0.05) is 36.4 Å². The minimum absolute atomic E-state index is 0.0809. The highest BCUT2D eigenvalue weighted by Crippen LogP contribution is 2.17. The Kier molecular flexibility index (Phi) is 4.71. The number of hydrogen-bond donors (Lipinski definition) is 1. The smallest absolute Gasteiger partial charge is 0.220 e. The number of carbonyl (C=O) groups is 1. The van der Waals surface area contributed by atoms with Gasteiger partial charge in [-0.3, -0.25) is 4.79 Å². The van der Waals surface area contributed by atoms with Crippen molar-refractivity contribution in [3.05, 3.63) is 65.5 Å². The van der Waals surface area contributed by atoms with Gasteiger partial charge in [0, 0.05) is 19.9 Å². The van der Waals surface area contributed by atoms with Crippen LogP contribution in [0.2, 0.25) is 0 Å². The first-order valence-electron chi connectivity index (χ1n) is 7.87. The van der Waals surface area contributed by atoms with Gasteiger partial charge in [-0.2, -0.15) is 0 Å². The summed E-state index contributed by atoms with van der Waals surface area (Å²) in [7, 11) is 0. The van der Waals surface area contributed by atoms with E-state index in [1.165, 1.54) is 5.56 Å². The Labute approximate surface area is 135 Å². The Morgan fingerprint density at radius 2 is 1.91 bits per heavy atom. The Bertz CT molecular complexity index is 793. The lowest BCUT2D eigenvalue weighted by Gasteiger charge is -2.05. The number of aromatic nitrogens is 1. The number of fused-ring (bicyclic) bond motifs is 1. The molecule has 1 aromatic heterocycles. The molecule has 2 aromatic carbocycles. The molecule has 0 saturated heterocycles. The second-order valence-corrected chi connectivity index (χ2v) is 5.62. The van der Waals surface area contributed by atoms with Crippen LogP contribution in [0.3, 0.4) is 0 Å². The number of benzene rings is 2. The third-order valence-corrected chi connectivity index (χ3v) is 3.78. The quantitative estimate of drug-likeness (QED) is 0.759. The molecular weight excluding hydrogens is 288 g/mol. The summed E-state index contributed by atoms with van der Waals surface area (Å²) in [5.41, 5.74) is 3.98. The molecule has 0 saturated carbocycles. The van der Waals surface area contributed by atoms with Crippen LogP contribution in [0.4, 0.5) is 0 Å². The first-order chi connectivity index (χ1) is 11.2. The molecule has 0 radical (unpaired) electrons. The van der Waals surface area contributed by atoms with Crippen LogP contribution < -0.4 is 5.32 Å². The molecule has 1 amide bonds. The fourth-order valence-electron chi connectivity index (χ4n) is 2.58. The van der Waals surface area contributed by atoms with Crippen molar-refractivity contribution in [2.45, 2.75) is 26.2 Å². The molecule has 0 atom stereocenters. The maximum Gasteiger partial charge on any atom is 0.220 e. The maximum absolute atomic E-state index is 11.9. The summed E-state index contributed by atoms with van der Waals surface area (Å²) >= 11 is 0. The van der Waals surface area contributed by atoms with Crippen molar-refractivity contribution in [1.29, 1.82) is 0 Å². The highest BCUT2D eigenvalue weighted by atomic mass is 16.3. The number of hydrogen-bond acceptors (Lipinski definition) is 3. The predicted octanol–water partition coefficient (Wildman–Crippen LogP) is 3.43. The van der Waals surface area contributed by atoms with Crippen molar-refractivity contribution < 1.29 is 9.21 Å². The molecule has 4 heteroatoms. The van der Waals surface area contributed by atoms with Crippen LogP contribution in [0.5, 0.6) is 0 Å². The topological polar surface area (TPSA) is 55.1 Å². The van der Waals surface area contributed by atoms with E-state index in [1.807, 2.05) is 43.3 Å². The number of carbonyl (C=O) groups excluding carboxylic acids is 1. The molecule has 0 aliphatic heterocycles. The van der Waals surface area contributed by atoms with E-state index in [4.69, 9.17) is 4.42 Å². The molecule has 0 spiro atoms. The van der Waals surface area contributed by atoms with Crippen molar-refractivity contribution in [2.75, 3.05) is 6.54 Å². The summed E-state index contributed by atoms with van der Waals surface area (Å²) in [6, 6.07) is 16.1. The van der Waals surface area contributed by atoms with Gasteiger partial charge in [-0.25, -0.2) is 4.98 Å². The molecule has 0 fully saturated rings. The number of rotatable bonds is 6. The van der Waals surface area contributed by atoms with Gasteiger partial charge < -0.3 is 9.73 Å². The van der Waals surface area contributed by atoms with Gasteiger partial charge in [0.1, 0.15) is 5.52 Å². The van der Waals surface area contributed by atoms with Gasteiger partial charge in [-0.05, 0) is 36.1 Å². The van der Waals surface area contributed by atoms with Crippen molar-refractivity contribution >= 4 is 17.0 Å².